The molecule has 0 fully saturated rings. The van der Waals surface area contributed by atoms with Crippen molar-refractivity contribution in [1.29, 1.82) is 0 Å². The fourth-order valence-electron chi connectivity index (χ4n) is 0.986. The molecular formula is C6H7ClF3NOS. The van der Waals surface area contributed by atoms with Gasteiger partial charge in [0.05, 0.1) is 11.9 Å². The number of methoxy groups -OCH3 is 1. The Morgan fingerprint density at radius 2 is 2.23 bits per heavy atom. The summed E-state index contributed by atoms with van der Waals surface area (Å²) in [6.07, 6.45) is -4.34. The lowest BCUT2D eigenvalue weighted by Gasteiger charge is -2.18. The second kappa shape index (κ2) is 4.06. The highest BCUT2D eigenvalue weighted by Gasteiger charge is 2.48. The highest BCUT2D eigenvalue weighted by Crippen LogP contribution is 2.38. The number of alkyl halides is 3. The molecule has 2 nitrogen and oxygen atoms in total. The van der Waals surface area contributed by atoms with Gasteiger partial charge in [-0.25, -0.2) is 0 Å². The van der Waals surface area contributed by atoms with Crippen LogP contribution >= 0.6 is 23.4 Å². The van der Waals surface area contributed by atoms with Crippen molar-refractivity contribution in [2.75, 3.05) is 13.7 Å². The number of aliphatic imine (C=N–C) groups is 1. The zero-order chi connectivity index (χ0) is 10.1. The van der Waals surface area contributed by atoms with Crippen molar-refractivity contribution >= 4 is 27.9 Å². The van der Waals surface area contributed by atoms with Crippen molar-refractivity contribution in [3.8, 4) is 0 Å². The van der Waals surface area contributed by atoms with Crippen molar-refractivity contribution in [1.82, 2.24) is 0 Å². The van der Waals surface area contributed by atoms with Crippen LogP contribution in [-0.2, 0) is 4.74 Å². The topological polar surface area (TPSA) is 21.6 Å². The van der Waals surface area contributed by atoms with Gasteiger partial charge >= 0.3 is 6.18 Å². The van der Waals surface area contributed by atoms with Crippen molar-refractivity contribution in [3.63, 3.8) is 0 Å². The number of thioether (sulfide) groups is 1. The third-order valence-electron chi connectivity index (χ3n) is 1.51. The molecule has 0 aromatic rings. The summed E-state index contributed by atoms with van der Waals surface area (Å²) in [6.45, 7) is -0.00539. The normalized spacial score (nSPS) is 29.2. The maximum absolute atomic E-state index is 12.3. The summed E-state index contributed by atoms with van der Waals surface area (Å²) in [5.41, 5.74) is 0. The van der Waals surface area contributed by atoms with Crippen molar-refractivity contribution < 1.29 is 17.9 Å². The molecule has 0 saturated carbocycles. The summed E-state index contributed by atoms with van der Waals surface area (Å²) in [7, 11) is 1.35. The molecule has 13 heavy (non-hydrogen) atoms. The van der Waals surface area contributed by atoms with Gasteiger partial charge in [0.2, 0.25) is 0 Å². The van der Waals surface area contributed by atoms with E-state index in [0.717, 1.165) is 11.8 Å². The van der Waals surface area contributed by atoms with E-state index in [1.807, 2.05) is 0 Å². The minimum atomic E-state index is -4.34. The highest BCUT2D eigenvalue weighted by atomic mass is 35.5. The van der Waals surface area contributed by atoms with Gasteiger partial charge in [0, 0.05) is 7.11 Å². The van der Waals surface area contributed by atoms with E-state index in [2.05, 4.69) is 9.73 Å². The fourth-order valence-corrected chi connectivity index (χ4v) is 2.41. The number of halogens is 4. The molecule has 1 rings (SSSR count). The Bertz CT molecular complexity index is 220. The molecule has 0 radical (unpaired) electrons. The van der Waals surface area contributed by atoms with E-state index in [4.69, 9.17) is 11.6 Å². The van der Waals surface area contributed by atoms with Crippen molar-refractivity contribution in [3.05, 3.63) is 0 Å². The van der Waals surface area contributed by atoms with Crippen LogP contribution in [0, 0.1) is 0 Å². The van der Waals surface area contributed by atoms with Crippen LogP contribution in [0.4, 0.5) is 13.2 Å². The monoisotopic (exact) mass is 233 g/mol. The highest BCUT2D eigenvalue weighted by molar-refractivity contribution is 8.17. The Kier molecular flexibility index (Phi) is 3.48. The molecule has 1 heterocycles. The molecule has 7 heteroatoms. The van der Waals surface area contributed by atoms with Gasteiger partial charge in [0.15, 0.2) is 10.5 Å². The molecule has 0 aromatic carbocycles. The Morgan fingerprint density at radius 1 is 1.62 bits per heavy atom. The lowest BCUT2D eigenvalue weighted by molar-refractivity contribution is -0.147. The van der Waals surface area contributed by atoms with E-state index in [1.165, 1.54) is 7.11 Å². The minimum Gasteiger partial charge on any atom is -0.383 e. The Morgan fingerprint density at radius 3 is 2.69 bits per heavy atom. The number of hydrogen-bond donors (Lipinski definition) is 0. The van der Waals surface area contributed by atoms with Gasteiger partial charge in [-0.05, 0) is 0 Å². The summed E-state index contributed by atoms with van der Waals surface area (Å²) in [5.74, 6) is 0. The molecule has 1 aliphatic heterocycles. The predicted octanol–water partition coefficient (Wildman–Crippen LogP) is 2.27. The molecule has 0 N–H and O–H groups in total. The van der Waals surface area contributed by atoms with Gasteiger partial charge in [-0.1, -0.05) is 23.4 Å². The van der Waals surface area contributed by atoms with Gasteiger partial charge in [0.25, 0.3) is 0 Å². The molecule has 0 aliphatic carbocycles. The molecule has 0 spiro atoms. The first-order valence-electron chi connectivity index (χ1n) is 3.40. The third-order valence-corrected chi connectivity index (χ3v) is 2.87. The van der Waals surface area contributed by atoms with Crippen molar-refractivity contribution in [2.45, 2.75) is 17.5 Å². The van der Waals surface area contributed by atoms with Crippen LogP contribution in [-0.4, -0.2) is 35.7 Å². The maximum Gasteiger partial charge on any atom is 0.412 e. The quantitative estimate of drug-likeness (QED) is 0.730. The van der Waals surface area contributed by atoms with Gasteiger partial charge in [-0.3, -0.25) is 4.99 Å². The number of hydrogen-bond acceptors (Lipinski definition) is 3. The number of rotatable bonds is 2. The lowest BCUT2D eigenvalue weighted by atomic mass is 10.2. The Labute approximate surface area is 82.5 Å². The predicted molar refractivity (Wildman–Crippen MR) is 46.4 cm³/mol. The molecule has 76 valence electrons. The zero-order valence-corrected chi connectivity index (χ0v) is 8.21. The number of ether oxygens (including phenoxy) is 1. The van der Waals surface area contributed by atoms with Crippen LogP contribution in [0.3, 0.4) is 0 Å². The first kappa shape index (κ1) is 11.1. The summed E-state index contributed by atoms with van der Waals surface area (Å²) in [4.78, 5) is 3.30. The van der Waals surface area contributed by atoms with Gasteiger partial charge in [-0.2, -0.15) is 13.2 Å². The molecule has 1 aliphatic rings. The molecule has 0 bridgehead atoms. The lowest BCUT2D eigenvalue weighted by Crippen LogP contribution is -2.36. The van der Waals surface area contributed by atoms with E-state index in [0.29, 0.717) is 0 Å². The second-order valence-electron chi connectivity index (χ2n) is 2.48. The van der Waals surface area contributed by atoms with Gasteiger partial charge in [0.1, 0.15) is 0 Å². The first-order valence-corrected chi connectivity index (χ1v) is 4.66. The molecule has 0 aromatic heterocycles. The number of nitrogens with zero attached hydrogens (tertiary/aromatic N) is 1. The van der Waals surface area contributed by atoms with Gasteiger partial charge in [-0.15, -0.1) is 0 Å². The van der Waals surface area contributed by atoms with Crippen LogP contribution in [0.15, 0.2) is 4.99 Å². The average molecular weight is 234 g/mol. The molecule has 2 unspecified atom stereocenters. The molecule has 0 amide bonds. The molecule has 2 atom stereocenters. The zero-order valence-electron chi connectivity index (χ0n) is 6.64. The SMILES string of the molecule is COCC1SC(Cl)=NC1C(F)(F)F. The van der Waals surface area contributed by atoms with E-state index >= 15 is 0 Å². The largest absolute Gasteiger partial charge is 0.412 e. The third kappa shape index (κ3) is 2.75. The van der Waals surface area contributed by atoms with E-state index in [-0.39, 0.29) is 11.1 Å². The Balaban J connectivity index is 2.69. The van der Waals surface area contributed by atoms with E-state index < -0.39 is 17.5 Å². The van der Waals surface area contributed by atoms with Crippen LogP contribution < -0.4 is 0 Å². The average Bonchev–Trinajstić information content (AvgIpc) is 2.30. The van der Waals surface area contributed by atoms with Crippen LogP contribution in [0.25, 0.3) is 0 Å². The first-order chi connectivity index (χ1) is 5.95. The van der Waals surface area contributed by atoms with E-state index in [1.54, 1.807) is 0 Å². The van der Waals surface area contributed by atoms with E-state index in [9.17, 15) is 13.2 Å². The molecule has 0 saturated heterocycles. The maximum atomic E-state index is 12.3. The van der Waals surface area contributed by atoms with Gasteiger partial charge < -0.3 is 4.74 Å². The van der Waals surface area contributed by atoms with Crippen LogP contribution in [0.1, 0.15) is 0 Å². The van der Waals surface area contributed by atoms with Crippen LogP contribution in [0.2, 0.25) is 0 Å². The fraction of sp³-hybridized carbons (Fsp3) is 0.833. The second-order valence-corrected chi connectivity index (χ2v) is 4.29. The molecular weight excluding hydrogens is 227 g/mol. The van der Waals surface area contributed by atoms with Crippen molar-refractivity contribution in [2.24, 2.45) is 4.99 Å². The Hall–Kier alpha value is 0.0600. The summed E-state index contributed by atoms with van der Waals surface area (Å²) >= 11 is 6.30. The van der Waals surface area contributed by atoms with Crippen LogP contribution in [0.5, 0.6) is 0 Å². The summed E-state index contributed by atoms with van der Waals surface area (Å²) in [5, 5.41) is -0.752. The minimum absolute atomic E-state index is 0.00539. The summed E-state index contributed by atoms with van der Waals surface area (Å²) in [6, 6.07) is -1.73. The standard InChI is InChI=1S/C6H7ClF3NOS/c1-12-2-3-4(6(8,9)10)11-5(7)13-3/h3-4H,2H2,1H3. The smallest absolute Gasteiger partial charge is 0.383 e. The summed E-state index contributed by atoms with van der Waals surface area (Å²) < 4.78 is 41.4.